The van der Waals surface area contributed by atoms with Crippen LogP contribution in [0.5, 0.6) is 0 Å². The Bertz CT molecular complexity index is 1200. The molecule has 29 heavy (non-hydrogen) atoms. The first-order chi connectivity index (χ1) is 14.0. The van der Waals surface area contributed by atoms with Crippen LogP contribution in [-0.4, -0.2) is 28.0 Å². The fraction of sp³-hybridized carbons (Fsp3) is 0.263. The van der Waals surface area contributed by atoms with E-state index in [-0.39, 0.29) is 0 Å². The van der Waals surface area contributed by atoms with E-state index in [1.807, 2.05) is 37.4 Å². The van der Waals surface area contributed by atoms with Crippen LogP contribution in [0.15, 0.2) is 42.7 Å². The maximum Gasteiger partial charge on any atom is 0.335 e. The third-order valence-electron chi connectivity index (χ3n) is 4.46. The van der Waals surface area contributed by atoms with Crippen molar-refractivity contribution in [3.8, 4) is 0 Å². The molecule has 0 unspecified atom stereocenters. The summed E-state index contributed by atoms with van der Waals surface area (Å²) in [6.07, 6.45) is 3.35. The quantitative estimate of drug-likeness (QED) is 0.404. The lowest BCUT2D eigenvalue weighted by Crippen LogP contribution is -2.26. The highest BCUT2D eigenvalue weighted by Gasteiger charge is 2.14. The van der Waals surface area contributed by atoms with Crippen LogP contribution in [0.25, 0.3) is 16.6 Å². The normalized spacial score (nSPS) is 10.8. The lowest BCUT2D eigenvalue weighted by molar-refractivity contribution is -0.577. The summed E-state index contributed by atoms with van der Waals surface area (Å²) in [5, 5.41) is 20.7. The molecule has 0 fully saturated rings. The largest absolute Gasteiger partial charge is 0.618 e. The van der Waals surface area contributed by atoms with E-state index in [1.165, 1.54) is 6.20 Å². The van der Waals surface area contributed by atoms with Crippen LogP contribution in [0.4, 0.5) is 5.95 Å². The average Bonchev–Trinajstić information content (AvgIpc) is 3.11. The third kappa shape index (κ3) is 4.21. The van der Waals surface area contributed by atoms with Gasteiger partial charge >= 0.3 is 11.6 Å². The zero-order valence-corrected chi connectivity index (χ0v) is 17.0. The summed E-state index contributed by atoms with van der Waals surface area (Å²) in [7, 11) is 0. The summed E-state index contributed by atoms with van der Waals surface area (Å²) < 4.78 is 19.2. The first kappa shape index (κ1) is 20.3. The highest BCUT2D eigenvalue weighted by Crippen LogP contribution is 2.22. The van der Waals surface area contributed by atoms with Crippen molar-refractivity contribution in [2.24, 2.45) is 0 Å². The van der Waals surface area contributed by atoms with Crippen LogP contribution in [0.1, 0.15) is 36.7 Å². The Balaban J connectivity index is 0.000000755. The number of hydrogen-bond donors (Lipinski definition) is 1. The van der Waals surface area contributed by atoms with Crippen molar-refractivity contribution >= 4 is 34.1 Å². The van der Waals surface area contributed by atoms with Crippen molar-refractivity contribution in [1.82, 2.24) is 19.6 Å². The van der Waals surface area contributed by atoms with Crippen LogP contribution >= 0.6 is 0 Å². The Morgan fingerprint density at radius 1 is 1.21 bits per heavy atom. The molecule has 0 bridgehead atoms. The molecule has 0 aliphatic rings. The van der Waals surface area contributed by atoms with Gasteiger partial charge in [0, 0.05) is 24.2 Å². The summed E-state index contributed by atoms with van der Waals surface area (Å²) >= 11 is -0.750. The number of pyridine rings is 1. The number of nitrogens with zero attached hydrogens (tertiary/aromatic N) is 5. The van der Waals surface area contributed by atoms with E-state index in [4.69, 9.17) is 8.42 Å². The first-order valence-corrected chi connectivity index (χ1v) is 9.60. The van der Waals surface area contributed by atoms with Crippen molar-refractivity contribution in [1.29, 1.82) is 0 Å². The summed E-state index contributed by atoms with van der Waals surface area (Å²) in [6.45, 7) is 6.65. The molecule has 150 valence electrons. The number of hydrogen-bond acceptors (Lipinski definition) is 7. The van der Waals surface area contributed by atoms with Crippen LogP contribution in [0.3, 0.4) is 0 Å². The topological polar surface area (TPSA) is 116 Å². The summed E-state index contributed by atoms with van der Waals surface area (Å²) in [5.41, 5.74) is 3.59. The minimum absolute atomic E-state index is 0.334. The van der Waals surface area contributed by atoms with Gasteiger partial charge in [0.05, 0.1) is 11.6 Å². The van der Waals surface area contributed by atoms with E-state index in [2.05, 4.69) is 34.2 Å². The minimum Gasteiger partial charge on any atom is -0.618 e. The van der Waals surface area contributed by atoms with E-state index < -0.39 is 11.6 Å². The molecule has 1 aromatic carbocycles. The van der Waals surface area contributed by atoms with Gasteiger partial charge in [0.1, 0.15) is 5.82 Å². The number of aryl methyl sites for hydroxylation is 1. The summed E-state index contributed by atoms with van der Waals surface area (Å²) in [4.78, 5) is 9.04. The fourth-order valence-corrected chi connectivity index (χ4v) is 3.13. The molecule has 0 aliphatic carbocycles. The first-order valence-electron chi connectivity index (χ1n) is 8.94. The van der Waals surface area contributed by atoms with Gasteiger partial charge in [0.2, 0.25) is 11.5 Å². The molecule has 0 saturated heterocycles. The van der Waals surface area contributed by atoms with Gasteiger partial charge in [-0.3, -0.25) is 0 Å². The maximum absolute atomic E-state index is 12.0. The Morgan fingerprint density at radius 2 is 1.97 bits per heavy atom. The molecule has 0 amide bonds. The molecule has 10 heteroatoms. The van der Waals surface area contributed by atoms with E-state index in [0.717, 1.165) is 26.9 Å². The van der Waals surface area contributed by atoms with E-state index in [1.54, 1.807) is 10.6 Å². The molecule has 3 aromatic heterocycles. The molecule has 0 radical (unpaired) electrons. The van der Waals surface area contributed by atoms with Crippen LogP contribution in [0.2, 0.25) is 0 Å². The second-order valence-electron chi connectivity index (χ2n) is 6.69. The van der Waals surface area contributed by atoms with Gasteiger partial charge in [-0.2, -0.15) is 27.7 Å². The van der Waals surface area contributed by atoms with Gasteiger partial charge in [-0.1, -0.05) is 26.0 Å². The van der Waals surface area contributed by atoms with Crippen molar-refractivity contribution < 1.29 is 13.1 Å². The molecule has 9 nitrogen and oxygen atoms in total. The number of rotatable bonds is 4. The Morgan fingerprint density at radius 3 is 2.69 bits per heavy atom. The zero-order chi connectivity index (χ0) is 21.0. The average molecular weight is 412 g/mol. The SMILES string of the molecule is Cc1nc(NCc2cccc3c2ccc[n+]3[O-])n2ncc(C(C)C)c2n1.O=S=O. The number of nitrogens with one attached hydrogen (secondary N) is 1. The van der Waals surface area contributed by atoms with Crippen LogP contribution in [0, 0.1) is 12.1 Å². The number of aromatic nitrogens is 5. The predicted octanol–water partition coefficient (Wildman–Crippen LogP) is 2.28. The van der Waals surface area contributed by atoms with E-state index in [9.17, 15) is 5.21 Å². The highest BCUT2D eigenvalue weighted by molar-refractivity contribution is 7.51. The molecule has 0 aliphatic heterocycles. The van der Waals surface area contributed by atoms with Gasteiger partial charge in [-0.25, -0.2) is 4.98 Å². The van der Waals surface area contributed by atoms with Crippen LogP contribution in [-0.2, 0) is 18.1 Å². The number of fused-ring (bicyclic) bond motifs is 2. The molecule has 0 spiro atoms. The van der Waals surface area contributed by atoms with Crippen LogP contribution < -0.4 is 10.0 Å². The van der Waals surface area contributed by atoms with Gasteiger partial charge in [0.15, 0.2) is 11.8 Å². The van der Waals surface area contributed by atoms with Crippen molar-refractivity contribution in [2.75, 3.05) is 5.32 Å². The second kappa shape index (κ2) is 8.74. The molecule has 4 rings (SSSR count). The Labute approximate surface area is 170 Å². The smallest absolute Gasteiger partial charge is 0.335 e. The van der Waals surface area contributed by atoms with Gasteiger partial charge in [-0.15, -0.1) is 0 Å². The Hall–Kier alpha value is -3.40. The van der Waals surface area contributed by atoms with E-state index >= 15 is 0 Å². The number of benzene rings is 1. The zero-order valence-electron chi connectivity index (χ0n) is 16.2. The second-order valence-corrected chi connectivity index (χ2v) is 6.83. The molecule has 0 saturated carbocycles. The molecule has 3 heterocycles. The summed E-state index contributed by atoms with van der Waals surface area (Å²) in [5.74, 6) is 1.67. The standard InChI is InChI=1S/C19H20N6O.O2S/c1-12(2)16-11-21-25-18(16)22-13(3)23-19(25)20-10-14-6-4-8-17-15(14)7-5-9-24(17)26;1-3-2/h4-9,11-12H,10H2,1-3H3,(H,20,22,23);. The minimum atomic E-state index is -0.750. The van der Waals surface area contributed by atoms with Gasteiger partial charge in [-0.05, 0) is 24.5 Å². The highest BCUT2D eigenvalue weighted by atomic mass is 32.1. The molecular weight excluding hydrogens is 392 g/mol. The number of anilines is 1. The lowest BCUT2D eigenvalue weighted by atomic mass is 10.1. The monoisotopic (exact) mass is 412 g/mol. The third-order valence-corrected chi connectivity index (χ3v) is 4.46. The maximum atomic E-state index is 12.0. The van der Waals surface area contributed by atoms with Crippen molar-refractivity contribution in [2.45, 2.75) is 33.2 Å². The summed E-state index contributed by atoms with van der Waals surface area (Å²) in [6, 6.07) is 9.42. The van der Waals surface area contributed by atoms with Gasteiger partial charge < -0.3 is 10.5 Å². The van der Waals surface area contributed by atoms with E-state index in [0.29, 0.717) is 29.8 Å². The fourth-order valence-electron chi connectivity index (χ4n) is 3.13. The molecular formula is C19H20N6O3S. The van der Waals surface area contributed by atoms with Crippen molar-refractivity contribution in [3.63, 3.8) is 0 Å². The van der Waals surface area contributed by atoms with Crippen molar-refractivity contribution in [3.05, 3.63) is 64.9 Å². The predicted molar refractivity (Wildman–Crippen MR) is 109 cm³/mol. The Kier molecular flexibility index (Phi) is 6.13. The lowest BCUT2D eigenvalue weighted by Gasteiger charge is -2.11. The molecule has 0 atom stereocenters. The van der Waals surface area contributed by atoms with Gasteiger partial charge in [0.25, 0.3) is 0 Å². The molecule has 4 aromatic rings. The molecule has 1 N–H and O–H groups in total.